The fraction of sp³-hybridized carbons (Fsp3) is 0.636. The van der Waals surface area contributed by atoms with Crippen molar-refractivity contribution in [2.45, 2.75) is 37.7 Å². The zero-order valence-corrected chi connectivity index (χ0v) is 10.6. The highest BCUT2D eigenvalue weighted by Gasteiger charge is 2.48. The Hall–Kier alpha value is -0.350. The van der Waals surface area contributed by atoms with E-state index in [1.54, 1.807) is 0 Å². The van der Waals surface area contributed by atoms with Crippen LogP contribution in [-0.2, 0) is 11.5 Å². The molecular formula is C11H14N2S2. The number of aromatic amines is 1. The lowest BCUT2D eigenvalue weighted by molar-refractivity contribution is 0.606. The number of thioether (sulfide) groups is 1. The Morgan fingerprint density at radius 3 is 2.87 bits per heavy atom. The molecule has 0 saturated heterocycles. The van der Waals surface area contributed by atoms with Gasteiger partial charge in [0.1, 0.15) is 10.5 Å². The van der Waals surface area contributed by atoms with Gasteiger partial charge in [-0.2, -0.15) is 11.8 Å². The summed E-state index contributed by atoms with van der Waals surface area (Å²) >= 11 is 7.26. The second-order valence-corrected chi connectivity index (χ2v) is 6.49. The van der Waals surface area contributed by atoms with Crippen LogP contribution < -0.4 is 0 Å². The number of rotatable bonds is 1. The summed E-state index contributed by atoms with van der Waals surface area (Å²) in [5.41, 5.74) is 3.00. The van der Waals surface area contributed by atoms with Gasteiger partial charge in [0.05, 0.1) is 0 Å². The van der Waals surface area contributed by atoms with Gasteiger partial charge in [0.15, 0.2) is 0 Å². The lowest BCUT2D eigenvalue weighted by Crippen LogP contribution is -2.02. The molecule has 2 aliphatic rings. The zero-order valence-electron chi connectivity index (χ0n) is 8.96. The molecule has 0 spiro atoms. The lowest BCUT2D eigenvalue weighted by Gasteiger charge is -2.06. The second-order valence-electron chi connectivity index (χ2n) is 5.12. The van der Waals surface area contributed by atoms with E-state index in [0.29, 0.717) is 11.3 Å². The highest BCUT2D eigenvalue weighted by Crippen LogP contribution is 2.57. The minimum absolute atomic E-state index is 0.422. The number of hydrogen-bond acceptors (Lipinski definition) is 3. The van der Waals surface area contributed by atoms with Gasteiger partial charge in [-0.25, -0.2) is 4.98 Å². The van der Waals surface area contributed by atoms with Crippen LogP contribution in [0.1, 0.15) is 43.3 Å². The van der Waals surface area contributed by atoms with Gasteiger partial charge in [-0.15, -0.1) is 0 Å². The maximum atomic E-state index is 5.34. The quantitative estimate of drug-likeness (QED) is 0.760. The SMILES string of the molecule is CC1(C)CC1c1nc(=S)c2c([nH]1)CSC2. The van der Waals surface area contributed by atoms with E-state index in [0.717, 1.165) is 22.0 Å². The van der Waals surface area contributed by atoms with Crippen LogP contribution in [-0.4, -0.2) is 9.97 Å². The molecule has 2 nitrogen and oxygen atoms in total. The number of fused-ring (bicyclic) bond motifs is 1. The van der Waals surface area contributed by atoms with Crippen molar-refractivity contribution in [3.8, 4) is 0 Å². The first kappa shape index (κ1) is 9.85. The van der Waals surface area contributed by atoms with Crippen molar-refractivity contribution in [1.29, 1.82) is 0 Å². The highest BCUT2D eigenvalue weighted by molar-refractivity contribution is 7.98. The first-order valence-corrected chi connectivity index (χ1v) is 6.84. The molecule has 1 N–H and O–H groups in total. The summed E-state index contributed by atoms with van der Waals surface area (Å²) in [6, 6.07) is 0. The topological polar surface area (TPSA) is 28.7 Å². The first-order valence-electron chi connectivity index (χ1n) is 5.27. The molecule has 1 aliphatic carbocycles. The summed E-state index contributed by atoms with van der Waals surface area (Å²) in [6.45, 7) is 4.58. The van der Waals surface area contributed by atoms with Crippen LogP contribution in [0.5, 0.6) is 0 Å². The first-order chi connectivity index (χ1) is 7.08. The third-order valence-corrected chi connectivity index (χ3v) is 4.78. The summed E-state index contributed by atoms with van der Waals surface area (Å²) in [5.74, 6) is 3.81. The van der Waals surface area contributed by atoms with Crippen LogP contribution in [0.2, 0.25) is 0 Å². The summed E-state index contributed by atoms with van der Waals surface area (Å²) in [6.07, 6.45) is 1.23. The van der Waals surface area contributed by atoms with E-state index in [1.807, 2.05) is 11.8 Å². The van der Waals surface area contributed by atoms with E-state index in [1.165, 1.54) is 17.7 Å². The van der Waals surface area contributed by atoms with E-state index in [4.69, 9.17) is 12.2 Å². The fourth-order valence-corrected chi connectivity index (χ4v) is 3.64. The monoisotopic (exact) mass is 238 g/mol. The Morgan fingerprint density at radius 2 is 2.20 bits per heavy atom. The molecule has 1 saturated carbocycles. The molecule has 80 valence electrons. The van der Waals surface area contributed by atoms with Crippen molar-refractivity contribution >= 4 is 24.0 Å². The smallest absolute Gasteiger partial charge is 0.134 e. The van der Waals surface area contributed by atoms with Crippen molar-refractivity contribution in [1.82, 2.24) is 9.97 Å². The minimum atomic E-state index is 0.422. The molecule has 1 aromatic heterocycles. The third kappa shape index (κ3) is 1.54. The Morgan fingerprint density at radius 1 is 1.47 bits per heavy atom. The van der Waals surface area contributed by atoms with Crippen molar-refractivity contribution in [3.63, 3.8) is 0 Å². The van der Waals surface area contributed by atoms with Crippen LogP contribution in [0, 0.1) is 10.1 Å². The maximum absolute atomic E-state index is 5.34. The average molecular weight is 238 g/mol. The minimum Gasteiger partial charge on any atom is -0.346 e. The number of aromatic nitrogens is 2. The van der Waals surface area contributed by atoms with Gasteiger partial charge in [-0.05, 0) is 11.8 Å². The van der Waals surface area contributed by atoms with Crippen LogP contribution in [0.15, 0.2) is 0 Å². The lowest BCUT2D eigenvalue weighted by atomic mass is 10.1. The molecule has 1 unspecified atom stereocenters. The Bertz CT molecular complexity index is 476. The molecule has 1 atom stereocenters. The van der Waals surface area contributed by atoms with Gasteiger partial charge >= 0.3 is 0 Å². The summed E-state index contributed by atoms with van der Waals surface area (Å²) < 4.78 is 0.825. The van der Waals surface area contributed by atoms with Gasteiger partial charge in [0.25, 0.3) is 0 Å². The molecule has 0 aromatic carbocycles. The van der Waals surface area contributed by atoms with Gasteiger partial charge in [-0.3, -0.25) is 0 Å². The van der Waals surface area contributed by atoms with E-state index in [2.05, 4.69) is 23.8 Å². The van der Waals surface area contributed by atoms with Gasteiger partial charge in [0, 0.05) is 28.7 Å². The Kier molecular flexibility index (Phi) is 2.02. The molecular weight excluding hydrogens is 224 g/mol. The van der Waals surface area contributed by atoms with Crippen molar-refractivity contribution in [2.24, 2.45) is 5.41 Å². The standard InChI is InChI=1S/C11H14N2S2/c1-11(2)3-7(11)9-12-8-5-15-4-6(8)10(14)13-9/h7H,3-5H2,1-2H3,(H,12,13,14). The van der Waals surface area contributed by atoms with E-state index >= 15 is 0 Å². The second kappa shape index (κ2) is 3.08. The molecule has 3 rings (SSSR count). The summed E-state index contributed by atoms with van der Waals surface area (Å²) in [4.78, 5) is 8.03. The molecule has 0 amide bonds. The Balaban J connectivity index is 2.05. The van der Waals surface area contributed by atoms with E-state index in [9.17, 15) is 0 Å². The van der Waals surface area contributed by atoms with Crippen molar-refractivity contribution in [2.75, 3.05) is 0 Å². The van der Waals surface area contributed by atoms with Crippen LogP contribution in [0.3, 0.4) is 0 Å². The van der Waals surface area contributed by atoms with Gasteiger partial charge in [-0.1, -0.05) is 26.1 Å². The van der Waals surface area contributed by atoms with Gasteiger partial charge < -0.3 is 4.98 Å². The average Bonchev–Trinajstić information content (AvgIpc) is 2.63. The number of nitrogens with zero attached hydrogens (tertiary/aromatic N) is 1. The van der Waals surface area contributed by atoms with E-state index < -0.39 is 0 Å². The van der Waals surface area contributed by atoms with Crippen molar-refractivity contribution in [3.05, 3.63) is 21.7 Å². The zero-order chi connectivity index (χ0) is 10.6. The Labute approximate surface area is 98.9 Å². The van der Waals surface area contributed by atoms with Crippen LogP contribution in [0.4, 0.5) is 0 Å². The van der Waals surface area contributed by atoms with Crippen LogP contribution in [0.25, 0.3) is 0 Å². The molecule has 0 radical (unpaired) electrons. The number of nitrogens with one attached hydrogen (secondary N) is 1. The van der Waals surface area contributed by atoms with Crippen molar-refractivity contribution < 1.29 is 0 Å². The molecule has 1 fully saturated rings. The molecule has 15 heavy (non-hydrogen) atoms. The summed E-state index contributed by atoms with van der Waals surface area (Å²) in [7, 11) is 0. The number of H-pyrrole nitrogens is 1. The predicted octanol–water partition coefficient (Wildman–Crippen LogP) is 3.40. The molecule has 0 bridgehead atoms. The number of hydrogen-bond donors (Lipinski definition) is 1. The van der Waals surface area contributed by atoms with E-state index in [-0.39, 0.29) is 0 Å². The fourth-order valence-electron chi connectivity index (χ4n) is 2.19. The molecule has 4 heteroatoms. The normalized spacial score (nSPS) is 26.4. The maximum Gasteiger partial charge on any atom is 0.134 e. The molecule has 1 aliphatic heterocycles. The molecule has 1 aromatic rings. The highest BCUT2D eigenvalue weighted by atomic mass is 32.2. The van der Waals surface area contributed by atoms with Gasteiger partial charge in [0.2, 0.25) is 0 Å². The predicted molar refractivity (Wildman–Crippen MR) is 65.6 cm³/mol. The largest absolute Gasteiger partial charge is 0.346 e. The molecule has 2 heterocycles. The summed E-state index contributed by atoms with van der Waals surface area (Å²) in [5, 5.41) is 0. The van der Waals surface area contributed by atoms with Crippen LogP contribution >= 0.6 is 24.0 Å². The third-order valence-electron chi connectivity index (χ3n) is 3.46.